The quantitative estimate of drug-likeness (QED) is 0.783. The first kappa shape index (κ1) is 15.8. The van der Waals surface area contributed by atoms with Crippen LogP contribution in [0.3, 0.4) is 0 Å². The molecule has 1 atom stereocenters. The minimum Gasteiger partial charge on any atom is -0.466 e. The first-order valence-corrected chi connectivity index (χ1v) is 8.28. The van der Waals surface area contributed by atoms with Crippen LogP contribution < -0.4 is 0 Å². The van der Waals surface area contributed by atoms with E-state index in [0.29, 0.717) is 19.7 Å². The van der Waals surface area contributed by atoms with Gasteiger partial charge in [0.2, 0.25) is 0 Å². The summed E-state index contributed by atoms with van der Waals surface area (Å²) in [4.78, 5) is 26.1. The molecule has 3 rings (SSSR count). The molecule has 0 spiro atoms. The molecule has 1 aliphatic carbocycles. The highest BCUT2D eigenvalue weighted by atomic mass is 16.6. The van der Waals surface area contributed by atoms with Gasteiger partial charge in [-0.15, -0.1) is 0 Å². The molecule has 2 aliphatic rings. The zero-order valence-corrected chi connectivity index (χ0v) is 13.5. The lowest BCUT2D eigenvalue weighted by molar-refractivity contribution is -0.151. The van der Waals surface area contributed by atoms with Gasteiger partial charge in [0.1, 0.15) is 6.61 Å². The maximum Gasteiger partial charge on any atom is 0.410 e. The first-order chi connectivity index (χ1) is 11.2. The van der Waals surface area contributed by atoms with E-state index in [2.05, 4.69) is 0 Å². The zero-order valence-electron chi connectivity index (χ0n) is 13.5. The van der Waals surface area contributed by atoms with Crippen LogP contribution in [0.15, 0.2) is 30.3 Å². The molecule has 1 aromatic rings. The van der Waals surface area contributed by atoms with E-state index in [-0.39, 0.29) is 30.0 Å². The highest BCUT2D eigenvalue weighted by Gasteiger charge is 2.58. The van der Waals surface area contributed by atoms with E-state index in [1.807, 2.05) is 37.3 Å². The smallest absolute Gasteiger partial charge is 0.410 e. The summed E-state index contributed by atoms with van der Waals surface area (Å²) >= 11 is 0. The number of esters is 1. The monoisotopic (exact) mass is 317 g/mol. The van der Waals surface area contributed by atoms with Crippen LogP contribution >= 0.6 is 0 Å². The number of hydrogen-bond donors (Lipinski definition) is 0. The fourth-order valence-electron chi connectivity index (χ4n) is 3.38. The fourth-order valence-corrected chi connectivity index (χ4v) is 3.38. The van der Waals surface area contributed by atoms with Crippen molar-refractivity contribution in [3.63, 3.8) is 0 Å². The number of benzene rings is 1. The van der Waals surface area contributed by atoms with E-state index >= 15 is 0 Å². The minimum atomic E-state index is -0.343. The van der Waals surface area contributed by atoms with E-state index in [0.717, 1.165) is 24.8 Å². The standard InChI is InChI=1S/C18H23NO4/c1-2-22-16(20)18(9-10-18)15-8-11-19(12-15)17(21)23-13-14-6-4-3-5-7-14/h3-7,15H,2,8-13H2,1H3/t15-/m0/s1. The van der Waals surface area contributed by atoms with E-state index in [1.54, 1.807) is 4.90 Å². The van der Waals surface area contributed by atoms with Crippen molar-refractivity contribution in [2.45, 2.75) is 32.8 Å². The average molecular weight is 317 g/mol. The molecule has 5 heteroatoms. The van der Waals surface area contributed by atoms with Crippen LogP contribution in [0.5, 0.6) is 0 Å². The number of amides is 1. The third-order valence-electron chi connectivity index (χ3n) is 4.90. The number of likely N-dealkylation sites (tertiary alicyclic amines) is 1. The van der Waals surface area contributed by atoms with Gasteiger partial charge in [-0.2, -0.15) is 0 Å². The summed E-state index contributed by atoms with van der Waals surface area (Å²) in [5, 5.41) is 0. The van der Waals surface area contributed by atoms with Gasteiger partial charge in [0.05, 0.1) is 12.0 Å². The Kier molecular flexibility index (Phi) is 4.55. The Bertz CT molecular complexity index is 568. The van der Waals surface area contributed by atoms with Gasteiger partial charge in [-0.3, -0.25) is 4.79 Å². The van der Waals surface area contributed by atoms with Crippen LogP contribution in [0.2, 0.25) is 0 Å². The van der Waals surface area contributed by atoms with Crippen molar-refractivity contribution >= 4 is 12.1 Å². The highest BCUT2D eigenvalue weighted by molar-refractivity contribution is 5.80. The number of hydrogen-bond acceptors (Lipinski definition) is 4. The average Bonchev–Trinajstić information content (AvgIpc) is 3.24. The molecule has 0 aromatic heterocycles. The van der Waals surface area contributed by atoms with Crippen molar-refractivity contribution in [1.82, 2.24) is 4.90 Å². The lowest BCUT2D eigenvalue weighted by atomic mass is 9.88. The van der Waals surface area contributed by atoms with Gasteiger partial charge in [-0.25, -0.2) is 4.79 Å². The molecule has 2 fully saturated rings. The summed E-state index contributed by atoms with van der Waals surface area (Å²) in [7, 11) is 0. The van der Waals surface area contributed by atoms with Crippen LogP contribution in [0.25, 0.3) is 0 Å². The Balaban J connectivity index is 1.51. The van der Waals surface area contributed by atoms with Crippen LogP contribution in [-0.4, -0.2) is 36.7 Å². The Labute approximate surface area is 136 Å². The van der Waals surface area contributed by atoms with Crippen molar-refractivity contribution in [1.29, 1.82) is 0 Å². The second-order valence-corrected chi connectivity index (χ2v) is 6.35. The number of carbonyl (C=O) groups is 2. The van der Waals surface area contributed by atoms with Crippen molar-refractivity contribution < 1.29 is 19.1 Å². The molecule has 1 aromatic carbocycles. The normalized spacial score (nSPS) is 21.8. The lowest BCUT2D eigenvalue weighted by Gasteiger charge is -2.21. The highest BCUT2D eigenvalue weighted by Crippen LogP contribution is 2.55. The van der Waals surface area contributed by atoms with Crippen LogP contribution in [0.1, 0.15) is 31.7 Å². The number of nitrogens with zero attached hydrogens (tertiary/aromatic N) is 1. The zero-order chi connectivity index (χ0) is 16.3. The van der Waals surface area contributed by atoms with Crippen LogP contribution in [0.4, 0.5) is 4.79 Å². The maximum atomic E-state index is 12.2. The maximum absolute atomic E-state index is 12.2. The summed E-state index contributed by atoms with van der Waals surface area (Å²) in [5.74, 6) is 0.107. The Morgan fingerprint density at radius 2 is 1.96 bits per heavy atom. The Morgan fingerprint density at radius 1 is 1.22 bits per heavy atom. The first-order valence-electron chi connectivity index (χ1n) is 8.28. The third-order valence-corrected chi connectivity index (χ3v) is 4.90. The predicted octanol–water partition coefficient (Wildman–Crippen LogP) is 2.99. The summed E-state index contributed by atoms with van der Waals surface area (Å²) in [6, 6.07) is 9.64. The fraction of sp³-hybridized carbons (Fsp3) is 0.556. The van der Waals surface area contributed by atoms with Gasteiger partial charge in [0.15, 0.2) is 0 Å². The largest absolute Gasteiger partial charge is 0.466 e. The topological polar surface area (TPSA) is 55.8 Å². The minimum absolute atomic E-state index is 0.0931. The lowest BCUT2D eigenvalue weighted by Crippen LogP contribution is -2.33. The number of rotatable bonds is 5. The summed E-state index contributed by atoms with van der Waals surface area (Å²) in [6.07, 6.45) is 2.31. The van der Waals surface area contributed by atoms with Gasteiger partial charge >= 0.3 is 12.1 Å². The molecule has 1 amide bonds. The molecule has 23 heavy (non-hydrogen) atoms. The van der Waals surface area contributed by atoms with Gasteiger partial charge in [0.25, 0.3) is 0 Å². The SMILES string of the molecule is CCOC(=O)C1([C@H]2CCN(C(=O)OCc3ccccc3)C2)CC1. The van der Waals surface area contributed by atoms with Gasteiger partial charge in [0, 0.05) is 13.1 Å². The van der Waals surface area contributed by atoms with E-state index in [1.165, 1.54) is 0 Å². The third kappa shape index (κ3) is 3.33. The molecule has 0 unspecified atom stereocenters. The van der Waals surface area contributed by atoms with Gasteiger partial charge in [-0.1, -0.05) is 30.3 Å². The Morgan fingerprint density at radius 3 is 2.61 bits per heavy atom. The molecular formula is C18H23NO4. The molecule has 0 N–H and O–H groups in total. The molecule has 1 aliphatic heterocycles. The van der Waals surface area contributed by atoms with Crippen LogP contribution in [0, 0.1) is 11.3 Å². The molecule has 0 radical (unpaired) electrons. The van der Waals surface area contributed by atoms with E-state index in [9.17, 15) is 9.59 Å². The second kappa shape index (κ2) is 6.60. The molecule has 124 valence electrons. The number of carbonyl (C=O) groups excluding carboxylic acids is 2. The predicted molar refractivity (Wildman–Crippen MR) is 84.6 cm³/mol. The van der Waals surface area contributed by atoms with Crippen molar-refractivity contribution in [3.05, 3.63) is 35.9 Å². The molecule has 5 nitrogen and oxygen atoms in total. The molecule has 1 heterocycles. The van der Waals surface area contributed by atoms with Crippen molar-refractivity contribution in [2.24, 2.45) is 11.3 Å². The van der Waals surface area contributed by atoms with Crippen LogP contribution in [-0.2, 0) is 20.9 Å². The Hall–Kier alpha value is -2.04. The molecular weight excluding hydrogens is 294 g/mol. The van der Waals surface area contributed by atoms with Gasteiger partial charge < -0.3 is 14.4 Å². The second-order valence-electron chi connectivity index (χ2n) is 6.35. The molecule has 1 saturated heterocycles. The van der Waals surface area contributed by atoms with E-state index in [4.69, 9.17) is 9.47 Å². The van der Waals surface area contributed by atoms with Crippen molar-refractivity contribution in [3.8, 4) is 0 Å². The summed E-state index contributed by atoms with van der Waals surface area (Å²) in [6.45, 7) is 3.77. The molecule has 1 saturated carbocycles. The summed E-state index contributed by atoms with van der Waals surface area (Å²) < 4.78 is 10.6. The molecule has 0 bridgehead atoms. The van der Waals surface area contributed by atoms with Crippen molar-refractivity contribution in [2.75, 3.05) is 19.7 Å². The van der Waals surface area contributed by atoms with Gasteiger partial charge in [-0.05, 0) is 37.7 Å². The number of ether oxygens (including phenoxy) is 2. The van der Waals surface area contributed by atoms with E-state index < -0.39 is 0 Å². The summed E-state index contributed by atoms with van der Waals surface area (Å²) in [5.41, 5.74) is 0.631.